The van der Waals surface area contributed by atoms with Gasteiger partial charge in [0.15, 0.2) is 0 Å². The highest BCUT2D eigenvalue weighted by Crippen LogP contribution is 2.15. The number of benzene rings is 1. The van der Waals surface area contributed by atoms with Crippen molar-refractivity contribution in [2.24, 2.45) is 0 Å². The molecule has 14 heavy (non-hydrogen) atoms. The molecule has 0 amide bonds. The smallest absolute Gasteiger partial charge is 0.260 e. The third-order valence-corrected chi connectivity index (χ3v) is 1.93. The first-order valence-corrected chi connectivity index (χ1v) is 4.04. The molecule has 0 atom stereocenters. The van der Waals surface area contributed by atoms with Gasteiger partial charge in [-0.1, -0.05) is 0 Å². The van der Waals surface area contributed by atoms with Crippen LogP contribution in [-0.2, 0) is 0 Å². The van der Waals surface area contributed by atoms with Gasteiger partial charge in [0, 0.05) is 0 Å². The lowest BCUT2D eigenvalue weighted by atomic mass is 10.2. The van der Waals surface area contributed by atoms with Gasteiger partial charge < -0.3 is 10.5 Å². The summed E-state index contributed by atoms with van der Waals surface area (Å²) in [5.41, 5.74) is 5.70. The first-order valence-electron chi connectivity index (χ1n) is 4.04. The molecular formula is C9H9N3O2. The number of nitrogen functional groups attached to an aromatic ring is 1. The van der Waals surface area contributed by atoms with Gasteiger partial charge in [0.05, 0.1) is 18.0 Å². The molecule has 1 heterocycles. The molecule has 0 aliphatic rings. The molecule has 0 saturated carbocycles. The number of hydrogen-bond acceptors (Lipinski definition) is 4. The number of nitrogens with two attached hydrogens (primary N) is 1. The minimum Gasteiger partial charge on any atom is -0.497 e. The number of fused-ring (bicyclic) bond motifs is 1. The van der Waals surface area contributed by atoms with Crippen molar-refractivity contribution < 1.29 is 4.74 Å². The first-order chi connectivity index (χ1) is 6.70. The summed E-state index contributed by atoms with van der Waals surface area (Å²) in [6.45, 7) is 0. The predicted molar refractivity (Wildman–Crippen MR) is 53.3 cm³/mol. The molecule has 5 nitrogen and oxygen atoms in total. The van der Waals surface area contributed by atoms with Gasteiger partial charge in [-0.2, -0.15) is 0 Å². The van der Waals surface area contributed by atoms with E-state index in [2.05, 4.69) is 9.97 Å². The van der Waals surface area contributed by atoms with Gasteiger partial charge in [0.2, 0.25) is 5.95 Å². The summed E-state index contributed by atoms with van der Waals surface area (Å²) in [5, 5.41) is 0.471. The maximum absolute atomic E-state index is 11.4. The van der Waals surface area contributed by atoms with E-state index in [1.807, 2.05) is 0 Å². The number of ether oxygens (including phenoxy) is 1. The minimum absolute atomic E-state index is 0.118. The lowest BCUT2D eigenvalue weighted by molar-refractivity contribution is 0.415. The Labute approximate surface area is 79.5 Å². The zero-order valence-electron chi connectivity index (χ0n) is 7.57. The van der Waals surface area contributed by atoms with Crippen LogP contribution in [-0.4, -0.2) is 17.1 Å². The Kier molecular flexibility index (Phi) is 1.85. The highest BCUT2D eigenvalue weighted by Gasteiger charge is 2.02. The van der Waals surface area contributed by atoms with E-state index in [-0.39, 0.29) is 11.5 Å². The molecule has 0 radical (unpaired) electrons. The van der Waals surface area contributed by atoms with Gasteiger partial charge in [-0.15, -0.1) is 0 Å². The molecule has 2 aromatic rings. The van der Waals surface area contributed by atoms with E-state index in [1.54, 1.807) is 25.3 Å². The summed E-state index contributed by atoms with van der Waals surface area (Å²) >= 11 is 0. The fourth-order valence-electron chi connectivity index (χ4n) is 1.26. The molecule has 0 unspecified atom stereocenters. The number of anilines is 1. The van der Waals surface area contributed by atoms with Gasteiger partial charge in [-0.3, -0.25) is 9.78 Å². The van der Waals surface area contributed by atoms with E-state index in [1.165, 1.54) is 0 Å². The molecule has 0 aliphatic heterocycles. The van der Waals surface area contributed by atoms with Crippen LogP contribution in [0.4, 0.5) is 5.95 Å². The van der Waals surface area contributed by atoms with Gasteiger partial charge >= 0.3 is 0 Å². The van der Waals surface area contributed by atoms with Crippen LogP contribution < -0.4 is 16.0 Å². The Balaban J connectivity index is 2.82. The zero-order valence-corrected chi connectivity index (χ0v) is 7.57. The second-order valence-corrected chi connectivity index (χ2v) is 2.83. The van der Waals surface area contributed by atoms with Crippen LogP contribution in [0.2, 0.25) is 0 Å². The number of nitrogens with zero attached hydrogens (tertiary/aromatic N) is 1. The third-order valence-electron chi connectivity index (χ3n) is 1.93. The van der Waals surface area contributed by atoms with E-state index in [0.717, 1.165) is 0 Å². The topological polar surface area (TPSA) is 81.0 Å². The molecule has 72 valence electrons. The molecule has 5 heteroatoms. The summed E-state index contributed by atoms with van der Waals surface area (Å²) in [6, 6.07) is 5.05. The molecule has 0 saturated heterocycles. The Hall–Kier alpha value is -2.04. The Bertz CT molecular complexity index is 533. The SMILES string of the molecule is COc1ccc2nc(N)[nH]c(=O)c2c1. The number of methoxy groups -OCH3 is 1. The van der Waals surface area contributed by atoms with Crippen molar-refractivity contribution in [3.8, 4) is 5.75 Å². The van der Waals surface area contributed by atoms with Crippen molar-refractivity contribution in [2.75, 3.05) is 12.8 Å². The second kappa shape index (κ2) is 3.02. The number of rotatable bonds is 1. The molecule has 1 aromatic heterocycles. The normalized spacial score (nSPS) is 10.4. The van der Waals surface area contributed by atoms with E-state index >= 15 is 0 Å². The second-order valence-electron chi connectivity index (χ2n) is 2.83. The Morgan fingerprint density at radius 1 is 1.50 bits per heavy atom. The van der Waals surface area contributed by atoms with Crippen molar-refractivity contribution in [3.63, 3.8) is 0 Å². The van der Waals surface area contributed by atoms with E-state index in [4.69, 9.17) is 10.5 Å². The van der Waals surface area contributed by atoms with Gasteiger partial charge in [-0.05, 0) is 18.2 Å². The van der Waals surface area contributed by atoms with Crippen molar-refractivity contribution in [1.82, 2.24) is 9.97 Å². The Morgan fingerprint density at radius 3 is 3.00 bits per heavy atom. The van der Waals surface area contributed by atoms with Crippen molar-refractivity contribution in [3.05, 3.63) is 28.6 Å². The molecule has 1 aromatic carbocycles. The van der Waals surface area contributed by atoms with Crippen LogP contribution in [0.1, 0.15) is 0 Å². The third kappa shape index (κ3) is 1.28. The van der Waals surface area contributed by atoms with Crippen LogP contribution >= 0.6 is 0 Å². The minimum atomic E-state index is -0.258. The van der Waals surface area contributed by atoms with E-state index in [9.17, 15) is 4.79 Å². The predicted octanol–water partition coefficient (Wildman–Crippen LogP) is 0.514. The number of aromatic amines is 1. The van der Waals surface area contributed by atoms with Gasteiger partial charge in [0.25, 0.3) is 5.56 Å². The fraction of sp³-hybridized carbons (Fsp3) is 0.111. The van der Waals surface area contributed by atoms with Crippen LogP contribution in [0.3, 0.4) is 0 Å². The van der Waals surface area contributed by atoms with Crippen molar-refractivity contribution in [2.45, 2.75) is 0 Å². The standard InChI is InChI=1S/C9H9N3O2/c1-14-5-2-3-7-6(4-5)8(13)12-9(10)11-7/h2-4H,1H3,(H3,10,11,12,13). The molecule has 0 spiro atoms. The van der Waals surface area contributed by atoms with E-state index < -0.39 is 0 Å². The molecule has 2 rings (SSSR count). The number of H-pyrrole nitrogens is 1. The number of hydrogen-bond donors (Lipinski definition) is 2. The molecule has 3 N–H and O–H groups in total. The summed E-state index contributed by atoms with van der Waals surface area (Å²) < 4.78 is 5.00. The van der Waals surface area contributed by atoms with Gasteiger partial charge in [-0.25, -0.2) is 4.98 Å². The monoisotopic (exact) mass is 191 g/mol. The molecule has 0 fully saturated rings. The highest BCUT2D eigenvalue weighted by molar-refractivity contribution is 5.79. The maximum Gasteiger partial charge on any atom is 0.260 e. The average molecular weight is 191 g/mol. The highest BCUT2D eigenvalue weighted by atomic mass is 16.5. The summed E-state index contributed by atoms with van der Waals surface area (Å²) in [7, 11) is 1.54. The Morgan fingerprint density at radius 2 is 2.29 bits per heavy atom. The lowest BCUT2D eigenvalue weighted by Crippen LogP contribution is -2.11. The van der Waals surface area contributed by atoms with Crippen molar-refractivity contribution >= 4 is 16.9 Å². The van der Waals surface area contributed by atoms with Crippen LogP contribution in [0.5, 0.6) is 5.75 Å². The number of aromatic nitrogens is 2. The van der Waals surface area contributed by atoms with Crippen LogP contribution in [0, 0.1) is 0 Å². The largest absolute Gasteiger partial charge is 0.497 e. The van der Waals surface area contributed by atoms with Crippen molar-refractivity contribution in [1.29, 1.82) is 0 Å². The summed E-state index contributed by atoms with van der Waals surface area (Å²) in [5.74, 6) is 0.738. The zero-order chi connectivity index (χ0) is 10.1. The quantitative estimate of drug-likeness (QED) is 0.688. The fourth-order valence-corrected chi connectivity index (χ4v) is 1.26. The summed E-state index contributed by atoms with van der Waals surface area (Å²) in [6.07, 6.45) is 0. The lowest BCUT2D eigenvalue weighted by Gasteiger charge is -2.01. The number of nitrogens with one attached hydrogen (secondary N) is 1. The van der Waals surface area contributed by atoms with E-state index in [0.29, 0.717) is 16.7 Å². The molecule has 0 aliphatic carbocycles. The average Bonchev–Trinajstić information content (AvgIpc) is 2.17. The molecular weight excluding hydrogens is 182 g/mol. The van der Waals surface area contributed by atoms with Gasteiger partial charge in [0.1, 0.15) is 5.75 Å². The first kappa shape index (κ1) is 8.55. The summed E-state index contributed by atoms with van der Waals surface area (Å²) in [4.78, 5) is 17.8. The van der Waals surface area contributed by atoms with Crippen LogP contribution in [0.15, 0.2) is 23.0 Å². The maximum atomic E-state index is 11.4. The molecule has 0 bridgehead atoms. The van der Waals surface area contributed by atoms with Crippen LogP contribution in [0.25, 0.3) is 10.9 Å².